The lowest BCUT2D eigenvalue weighted by Gasteiger charge is -2.34. The van der Waals surface area contributed by atoms with Crippen LogP contribution in [0.3, 0.4) is 0 Å². The molecule has 48 heteroatoms. The van der Waals surface area contributed by atoms with Crippen molar-refractivity contribution in [2.24, 2.45) is 33.2 Å². The Hall–Kier alpha value is -9.07. The molecule has 3 saturated heterocycles. The second kappa shape index (κ2) is 65.4. The lowest BCUT2D eigenvalue weighted by atomic mass is 10.1. The van der Waals surface area contributed by atoms with Crippen LogP contribution in [0.25, 0.3) is 44.7 Å². The number of hydrogen-bond donors (Lipinski definition) is 7. The number of carbonyl (C=O) groups is 3. The van der Waals surface area contributed by atoms with Crippen molar-refractivity contribution in [1.29, 1.82) is 0 Å². The van der Waals surface area contributed by atoms with Gasteiger partial charge in [-0.15, -0.1) is 0 Å². The summed E-state index contributed by atoms with van der Waals surface area (Å²) < 4.78 is 53.2. The highest BCUT2D eigenvalue weighted by molar-refractivity contribution is 9.09. The molecule has 4 aliphatic heterocycles. The molecule has 13 rings (SSSR count). The predicted molar refractivity (Wildman–Crippen MR) is 561 cm³/mol. The molecule has 7 N–H and O–H groups in total. The molecule has 0 unspecified atom stereocenters. The van der Waals surface area contributed by atoms with E-state index in [2.05, 4.69) is 125 Å². The van der Waals surface area contributed by atoms with E-state index in [1.807, 2.05) is 36.8 Å². The van der Waals surface area contributed by atoms with Crippen LogP contribution >= 0.6 is 55.1 Å². The quantitative estimate of drug-likeness (QED) is 0.00357. The van der Waals surface area contributed by atoms with E-state index in [9.17, 15) is 61.2 Å². The molecule has 142 heavy (non-hydrogen) atoms. The lowest BCUT2D eigenvalue weighted by Crippen LogP contribution is -2.46. The summed E-state index contributed by atoms with van der Waals surface area (Å²) in [6, 6.07) is 0. The number of methoxy groups -OCH3 is 3. The highest BCUT2D eigenvalue weighted by Crippen LogP contribution is 2.26. The molecular formula is C94H152Br2Cl2N24O19S. The molecule has 0 amide bonds. The standard InChI is InChI=1S/C22H36N6O4.C21H32Cl2N6O2.C14H22N4O5S.C13H20N4O3.C8H9N3O2.C6H13BrO.C5H9BrO2.C5H11N/c1-17-23-20-19(21(30)24-22(31)25(20)2)28(17)12-7-5-4-6-10-26-13-15-27(16-14-26)11-8-9-18(29)32-3;1-16-24-20-18(19(22)25-21(23)26-20)29(16)11-6-4-3-5-9-27-12-14-28(15-13-27)10-7-8-17(30)31-2;1-10-15-12-11(13(19)16-14(20)17(12)2)18(10)8-6-4-5-7-9-23-24(3,21)22;1-9-14-11-10(12(19)15-13(20)16(11)2)17(9)7-5-3-4-6-8-18;1-4-3-5-6(9-4)11(2)8(13)10-7(5)12;7-5-3-1-2-4-6-8;1-8-5(7)3-2-4-6;1-2-4-6-5-3-1/h4-16H2,1-3H3,(H,24,30,31);3-15H2,1-2H3;4-9H2,1-3H3,(H,16,19,20);18H,3-8H2,1-2H3,(H,15,19,20);3H2,1-2H3,(H,10,12,13);8H,1-6H2;2-4H2,1H3;6H,1-5H2. The number of unbranched alkanes of at least 4 members (excludes halogenated alkanes) is 15. The molecule has 3 fully saturated rings. The van der Waals surface area contributed by atoms with Gasteiger partial charge in [-0.1, -0.05) is 114 Å². The summed E-state index contributed by atoms with van der Waals surface area (Å²) in [7, 11) is 7.30. The van der Waals surface area contributed by atoms with Gasteiger partial charge in [0.2, 0.25) is 5.28 Å². The van der Waals surface area contributed by atoms with Crippen molar-refractivity contribution in [2.75, 3.05) is 150 Å². The number of halogens is 4. The van der Waals surface area contributed by atoms with Gasteiger partial charge >= 0.3 is 40.7 Å². The minimum Gasteiger partial charge on any atom is -0.469 e. The summed E-state index contributed by atoms with van der Waals surface area (Å²) >= 11 is 18.7. The van der Waals surface area contributed by atoms with Crippen LogP contribution in [0.4, 0.5) is 5.82 Å². The zero-order valence-corrected chi connectivity index (χ0v) is 90.7. The summed E-state index contributed by atoms with van der Waals surface area (Å²) in [5.41, 5.74) is 2.06. The number of alkyl halides is 2. The van der Waals surface area contributed by atoms with Gasteiger partial charge in [-0.2, -0.15) is 13.4 Å². The number of piperidine rings is 1. The molecule has 0 radical (unpaired) electrons. The predicted octanol–water partition coefficient (Wildman–Crippen LogP) is 8.74. The molecule has 0 aromatic carbocycles. The van der Waals surface area contributed by atoms with Crippen LogP contribution in [0.15, 0.2) is 43.3 Å². The number of ether oxygens (including phenoxy) is 3. The second-order valence-electron chi connectivity index (χ2n) is 35.5. The number of aliphatic hydroxyl groups is 2. The van der Waals surface area contributed by atoms with E-state index in [1.54, 1.807) is 39.7 Å². The highest BCUT2D eigenvalue weighted by atomic mass is 79.9. The molecule has 796 valence electrons. The van der Waals surface area contributed by atoms with Gasteiger partial charge in [-0.05, 0) is 182 Å². The lowest BCUT2D eigenvalue weighted by molar-refractivity contribution is -0.141. The minimum atomic E-state index is -3.37. The highest BCUT2D eigenvalue weighted by Gasteiger charge is 2.24. The summed E-state index contributed by atoms with van der Waals surface area (Å²) in [4.78, 5) is 175. The molecule has 9 aromatic heterocycles. The van der Waals surface area contributed by atoms with Gasteiger partial charge in [0.1, 0.15) is 34.6 Å². The zero-order valence-electron chi connectivity index (χ0n) is 85.2. The molecule has 4 aliphatic rings. The van der Waals surface area contributed by atoms with Gasteiger partial charge in [0, 0.05) is 162 Å². The Labute approximate surface area is 855 Å². The van der Waals surface area contributed by atoms with Crippen molar-refractivity contribution in [3.63, 3.8) is 0 Å². The van der Waals surface area contributed by atoms with E-state index < -0.39 is 38.4 Å². The van der Waals surface area contributed by atoms with Crippen molar-refractivity contribution < 1.29 is 51.4 Å². The van der Waals surface area contributed by atoms with Crippen molar-refractivity contribution in [3.8, 4) is 0 Å². The van der Waals surface area contributed by atoms with E-state index in [0.717, 1.165) is 234 Å². The number of nitrogens with one attached hydrogen (secondary N) is 5. The number of H-pyrrole nitrogens is 4. The van der Waals surface area contributed by atoms with Crippen molar-refractivity contribution in [2.45, 2.75) is 253 Å². The molecule has 0 bridgehead atoms. The van der Waals surface area contributed by atoms with Gasteiger partial charge < -0.3 is 67.6 Å². The summed E-state index contributed by atoms with van der Waals surface area (Å²) in [6.45, 7) is 28.3. The molecule has 0 aliphatic carbocycles. The van der Waals surface area contributed by atoms with Crippen LogP contribution in [0, 0.1) is 27.7 Å². The van der Waals surface area contributed by atoms with Gasteiger partial charge in [-0.3, -0.25) is 75.9 Å². The number of aromatic amines is 4. The van der Waals surface area contributed by atoms with Crippen LogP contribution in [0.1, 0.15) is 222 Å². The van der Waals surface area contributed by atoms with Crippen molar-refractivity contribution in [1.82, 2.24) is 111 Å². The Bertz CT molecular complexity index is 6060. The largest absolute Gasteiger partial charge is 0.469 e. The number of aliphatic imine (C=N–C) groups is 1. The van der Waals surface area contributed by atoms with Crippen LogP contribution < -0.4 is 50.3 Å². The maximum Gasteiger partial charge on any atom is 0.329 e. The van der Waals surface area contributed by atoms with Crippen LogP contribution in [-0.4, -0.2) is 298 Å². The first-order valence-electron chi connectivity index (χ1n) is 49.4. The van der Waals surface area contributed by atoms with E-state index in [0.29, 0.717) is 113 Å². The fraction of sp³-hybridized carbons (Fsp3) is 0.702. The summed E-state index contributed by atoms with van der Waals surface area (Å²) in [5.74, 6) is 3.17. The first kappa shape index (κ1) is 122. The Morgan fingerprint density at radius 2 is 0.718 bits per heavy atom. The first-order chi connectivity index (χ1) is 68.0. The van der Waals surface area contributed by atoms with Crippen molar-refractivity contribution in [3.05, 3.63) is 123 Å². The number of rotatable bonds is 44. The van der Waals surface area contributed by atoms with Crippen LogP contribution in [0.2, 0.25) is 10.4 Å². The Morgan fingerprint density at radius 3 is 1.06 bits per heavy atom. The Balaban J connectivity index is 0.000000262. The maximum absolute atomic E-state index is 12.3. The van der Waals surface area contributed by atoms with Gasteiger partial charge in [-0.25, -0.2) is 49.1 Å². The molecule has 43 nitrogen and oxygen atoms in total. The SMILES string of the molecule is C1CCNCC1.CC1=Nc2c(c(=O)[nH]c(=O)n2C)C1.COC(=O)CCCBr.COC(=O)CCCN1CCN(CCCCCCn2c(C)nc3c2c(=O)[nH]c(=O)n3C)CC1.COC(=O)CCCN1CCN(CCCCCCn2c(C)nc3nc(Cl)nc(Cl)c32)CC1.Cc1nc2c(c(=O)[nH]c(=O)n2C)n1CCCCCCO.Cc1nc2c(c(=O)[nH]c(=O)n2C)n1CCCCCCOS(C)(=O)=O.OCCCCCCBr. The molecule has 13 heterocycles. The topological polar surface area (TPSA) is 517 Å². The third-order valence-electron chi connectivity index (χ3n) is 24.6. The number of fused-ring (bicyclic) bond motifs is 5. The van der Waals surface area contributed by atoms with Crippen LogP contribution in [-0.2, 0) is 104 Å². The number of hydrogen-bond acceptors (Lipinski definition) is 31. The number of aromatic nitrogens is 18. The number of imidazole rings is 4. The third-order valence-corrected chi connectivity index (χ3v) is 26.7. The second-order valence-corrected chi connectivity index (χ2v) is 39.4. The molecular weight excluding hydrogens is 2030 g/mol. The molecule has 0 spiro atoms. The maximum atomic E-state index is 12.3. The minimum absolute atomic E-state index is 0.115. The third kappa shape index (κ3) is 41.1. The number of aliphatic hydroxyl groups excluding tert-OH is 2. The van der Waals surface area contributed by atoms with Gasteiger partial charge in [0.25, 0.3) is 32.4 Å². The summed E-state index contributed by atoms with van der Waals surface area (Å²) in [5, 5.41) is 22.8. The zero-order chi connectivity index (χ0) is 104. The van der Waals surface area contributed by atoms with Gasteiger partial charge in [0.15, 0.2) is 44.3 Å². The van der Waals surface area contributed by atoms with Gasteiger partial charge in [0.05, 0.1) is 39.8 Å². The number of nitrogens with zero attached hydrogens (tertiary/aromatic N) is 19. The monoisotopic (exact) mass is 2180 g/mol. The molecule has 0 saturated carbocycles. The van der Waals surface area contributed by atoms with E-state index in [1.165, 1.54) is 117 Å². The van der Waals surface area contributed by atoms with E-state index in [-0.39, 0.29) is 53.1 Å². The number of carbonyl (C=O) groups excluding carboxylic acids is 3. The smallest absolute Gasteiger partial charge is 0.329 e. The number of aryl methyl sites for hydroxylation is 11. The van der Waals surface area contributed by atoms with E-state index >= 15 is 0 Å². The first-order valence-corrected chi connectivity index (χ1v) is 54.2. The van der Waals surface area contributed by atoms with E-state index in [4.69, 9.17) is 42.9 Å². The van der Waals surface area contributed by atoms with Crippen molar-refractivity contribution >= 4 is 139 Å². The number of esters is 3. The average Bonchev–Trinajstić information content (AvgIpc) is 1.63. The normalized spacial score (nSPS) is 13.9. The molecule has 0 atom stereocenters. The fourth-order valence-corrected chi connectivity index (χ4v) is 18.0. The average molecular weight is 2190 g/mol. The fourth-order valence-electron chi connectivity index (χ4n) is 16.5. The summed E-state index contributed by atoms with van der Waals surface area (Å²) in [6.07, 6.45) is 30.4. The molecule has 9 aromatic rings. The Morgan fingerprint density at radius 1 is 0.394 bits per heavy atom. The Kier molecular flexibility index (Phi) is 56.0. The van der Waals surface area contributed by atoms with Crippen LogP contribution in [0.5, 0.6) is 0 Å². The number of piperazine rings is 2.